The zero-order chi connectivity index (χ0) is 9.84. The Bertz CT molecular complexity index is 174. The van der Waals surface area contributed by atoms with E-state index in [1.165, 1.54) is 0 Å². The van der Waals surface area contributed by atoms with Gasteiger partial charge in [-0.25, -0.2) is 0 Å². The molecule has 1 aliphatic rings. The first-order valence-corrected chi connectivity index (χ1v) is 5.03. The van der Waals surface area contributed by atoms with E-state index >= 15 is 0 Å². The summed E-state index contributed by atoms with van der Waals surface area (Å²) < 4.78 is 0. The Kier molecular flexibility index (Phi) is 3.72. The molecule has 2 N–H and O–H groups in total. The van der Waals surface area contributed by atoms with Crippen molar-refractivity contribution in [3.63, 3.8) is 0 Å². The van der Waals surface area contributed by atoms with Crippen LogP contribution in [0.15, 0.2) is 0 Å². The number of nitrogens with one attached hydrogen (secondary N) is 1. The molecule has 1 aliphatic heterocycles. The predicted octanol–water partition coefficient (Wildman–Crippen LogP) is 1.34. The summed E-state index contributed by atoms with van der Waals surface area (Å²) in [6.07, 6.45) is 1.46. The Morgan fingerprint density at radius 2 is 2.31 bits per heavy atom. The zero-order valence-electron chi connectivity index (χ0n) is 8.42. The van der Waals surface area contributed by atoms with Gasteiger partial charge in [0, 0.05) is 6.42 Å². The molecule has 0 bridgehead atoms. The van der Waals surface area contributed by atoms with E-state index in [4.69, 9.17) is 5.11 Å². The number of hydrogen-bond acceptors (Lipinski definition) is 2. The summed E-state index contributed by atoms with van der Waals surface area (Å²) in [5, 5.41) is 12.1. The summed E-state index contributed by atoms with van der Waals surface area (Å²) in [4.78, 5) is 10.7. The number of carboxylic acid groups (broad SMARTS) is 1. The van der Waals surface area contributed by atoms with Crippen molar-refractivity contribution < 1.29 is 9.90 Å². The molecule has 0 amide bonds. The Hall–Kier alpha value is -0.570. The van der Waals surface area contributed by atoms with Crippen LogP contribution in [0.3, 0.4) is 0 Å². The molecule has 13 heavy (non-hydrogen) atoms. The van der Waals surface area contributed by atoms with E-state index in [9.17, 15) is 4.79 Å². The number of hydrogen-bond donors (Lipinski definition) is 2. The lowest BCUT2D eigenvalue weighted by atomic mass is 9.80. The molecule has 3 heteroatoms. The van der Waals surface area contributed by atoms with E-state index in [0.717, 1.165) is 19.5 Å². The fourth-order valence-corrected chi connectivity index (χ4v) is 2.19. The fourth-order valence-electron chi connectivity index (χ4n) is 2.19. The van der Waals surface area contributed by atoms with Crippen molar-refractivity contribution in [3.8, 4) is 0 Å². The van der Waals surface area contributed by atoms with Gasteiger partial charge in [0.25, 0.3) is 0 Å². The minimum Gasteiger partial charge on any atom is -0.481 e. The highest BCUT2D eigenvalue weighted by Crippen LogP contribution is 2.28. The van der Waals surface area contributed by atoms with Gasteiger partial charge in [-0.3, -0.25) is 4.79 Å². The summed E-state index contributed by atoms with van der Waals surface area (Å²) in [5.74, 6) is 0.718. The molecule has 0 aliphatic carbocycles. The standard InChI is InChI=1S/C10H19NO2/c1-7(2)9(5-10(12)13)8-3-4-11-6-8/h7-9,11H,3-6H2,1-2H3,(H,12,13). The summed E-state index contributed by atoms with van der Waals surface area (Å²) in [6, 6.07) is 0. The van der Waals surface area contributed by atoms with Gasteiger partial charge in [-0.2, -0.15) is 0 Å². The highest BCUT2D eigenvalue weighted by molar-refractivity contribution is 5.67. The minimum atomic E-state index is -0.661. The number of rotatable bonds is 4. The second kappa shape index (κ2) is 4.61. The van der Waals surface area contributed by atoms with Crippen LogP contribution in [0.4, 0.5) is 0 Å². The first kappa shape index (κ1) is 10.5. The van der Waals surface area contributed by atoms with E-state index in [1.807, 2.05) is 0 Å². The Morgan fingerprint density at radius 1 is 1.62 bits per heavy atom. The predicted molar refractivity (Wildman–Crippen MR) is 51.6 cm³/mol. The molecule has 3 nitrogen and oxygen atoms in total. The molecule has 0 aromatic heterocycles. The lowest BCUT2D eigenvalue weighted by molar-refractivity contribution is -0.139. The van der Waals surface area contributed by atoms with E-state index in [2.05, 4.69) is 19.2 Å². The van der Waals surface area contributed by atoms with Crippen molar-refractivity contribution in [2.75, 3.05) is 13.1 Å². The third kappa shape index (κ3) is 2.99. The molecule has 1 fully saturated rings. The SMILES string of the molecule is CC(C)C(CC(=O)O)C1CCNC1. The van der Waals surface area contributed by atoms with Crippen LogP contribution >= 0.6 is 0 Å². The normalized spacial score (nSPS) is 25.0. The van der Waals surface area contributed by atoms with Crippen molar-refractivity contribution in [1.82, 2.24) is 5.32 Å². The van der Waals surface area contributed by atoms with Crippen LogP contribution in [0.2, 0.25) is 0 Å². The second-order valence-electron chi connectivity index (χ2n) is 4.26. The van der Waals surface area contributed by atoms with Gasteiger partial charge in [-0.15, -0.1) is 0 Å². The maximum absolute atomic E-state index is 10.7. The molecule has 0 saturated carbocycles. The third-order valence-electron chi connectivity index (χ3n) is 2.97. The van der Waals surface area contributed by atoms with Crippen LogP contribution in [-0.2, 0) is 4.79 Å². The summed E-state index contributed by atoms with van der Waals surface area (Å²) in [5.41, 5.74) is 0. The van der Waals surface area contributed by atoms with Crippen molar-refractivity contribution >= 4 is 5.97 Å². The lowest BCUT2D eigenvalue weighted by Crippen LogP contribution is -2.25. The molecule has 0 aromatic rings. The average molecular weight is 185 g/mol. The Labute approximate surface area is 79.5 Å². The van der Waals surface area contributed by atoms with Crippen molar-refractivity contribution in [2.24, 2.45) is 17.8 Å². The average Bonchev–Trinajstić information content (AvgIpc) is 2.50. The molecule has 1 rings (SSSR count). The largest absolute Gasteiger partial charge is 0.481 e. The number of carbonyl (C=O) groups is 1. The molecular weight excluding hydrogens is 166 g/mol. The van der Waals surface area contributed by atoms with Crippen LogP contribution in [0.5, 0.6) is 0 Å². The molecule has 2 atom stereocenters. The molecule has 2 unspecified atom stereocenters. The van der Waals surface area contributed by atoms with Crippen molar-refractivity contribution in [1.29, 1.82) is 0 Å². The van der Waals surface area contributed by atoms with Gasteiger partial charge in [0.05, 0.1) is 0 Å². The van der Waals surface area contributed by atoms with Gasteiger partial charge in [0.15, 0.2) is 0 Å². The highest BCUT2D eigenvalue weighted by atomic mass is 16.4. The van der Waals surface area contributed by atoms with Gasteiger partial charge in [-0.1, -0.05) is 13.8 Å². The topological polar surface area (TPSA) is 49.3 Å². The van der Waals surface area contributed by atoms with Crippen LogP contribution in [0, 0.1) is 17.8 Å². The molecule has 0 radical (unpaired) electrons. The summed E-state index contributed by atoms with van der Waals surface area (Å²) in [7, 11) is 0. The van der Waals surface area contributed by atoms with Gasteiger partial charge >= 0.3 is 5.97 Å². The molecule has 0 spiro atoms. The quantitative estimate of drug-likeness (QED) is 0.695. The zero-order valence-corrected chi connectivity index (χ0v) is 8.42. The van der Waals surface area contributed by atoms with E-state index < -0.39 is 5.97 Å². The van der Waals surface area contributed by atoms with Crippen molar-refractivity contribution in [2.45, 2.75) is 26.7 Å². The van der Waals surface area contributed by atoms with Gasteiger partial charge < -0.3 is 10.4 Å². The molecule has 1 saturated heterocycles. The maximum atomic E-state index is 10.7. The maximum Gasteiger partial charge on any atom is 0.303 e. The van der Waals surface area contributed by atoms with Crippen molar-refractivity contribution in [3.05, 3.63) is 0 Å². The number of aliphatic carboxylic acids is 1. The summed E-state index contributed by atoms with van der Waals surface area (Å²) in [6.45, 7) is 6.28. The highest BCUT2D eigenvalue weighted by Gasteiger charge is 2.28. The minimum absolute atomic E-state index is 0.323. The first-order chi connectivity index (χ1) is 6.11. The van der Waals surface area contributed by atoms with Crippen LogP contribution in [0.25, 0.3) is 0 Å². The monoisotopic (exact) mass is 185 g/mol. The first-order valence-electron chi connectivity index (χ1n) is 5.03. The van der Waals surface area contributed by atoms with Gasteiger partial charge in [0.2, 0.25) is 0 Å². The summed E-state index contributed by atoms with van der Waals surface area (Å²) >= 11 is 0. The Balaban J connectivity index is 2.50. The lowest BCUT2D eigenvalue weighted by Gasteiger charge is -2.24. The molecular formula is C10H19NO2. The fraction of sp³-hybridized carbons (Fsp3) is 0.900. The molecule has 0 aromatic carbocycles. The second-order valence-corrected chi connectivity index (χ2v) is 4.26. The smallest absolute Gasteiger partial charge is 0.303 e. The van der Waals surface area contributed by atoms with E-state index in [-0.39, 0.29) is 0 Å². The van der Waals surface area contributed by atoms with E-state index in [0.29, 0.717) is 24.2 Å². The van der Waals surface area contributed by atoms with E-state index in [1.54, 1.807) is 0 Å². The van der Waals surface area contributed by atoms with Crippen LogP contribution < -0.4 is 5.32 Å². The van der Waals surface area contributed by atoms with Gasteiger partial charge in [0.1, 0.15) is 0 Å². The third-order valence-corrected chi connectivity index (χ3v) is 2.97. The molecule has 1 heterocycles. The van der Waals surface area contributed by atoms with Gasteiger partial charge in [-0.05, 0) is 37.3 Å². The number of carboxylic acids is 1. The Morgan fingerprint density at radius 3 is 2.69 bits per heavy atom. The van der Waals surface area contributed by atoms with Crippen LogP contribution in [0.1, 0.15) is 26.7 Å². The molecule has 76 valence electrons. The van der Waals surface area contributed by atoms with Crippen LogP contribution in [-0.4, -0.2) is 24.2 Å².